The van der Waals surface area contributed by atoms with Crippen LogP contribution in [0.15, 0.2) is 28.7 Å². The highest BCUT2D eigenvalue weighted by Crippen LogP contribution is 2.27. The summed E-state index contributed by atoms with van der Waals surface area (Å²) >= 11 is 3.65. The number of likely N-dealkylation sites (N-methyl/N-ethyl adjacent to an activating group) is 1. The number of nitrogens with zero attached hydrogens (tertiary/aromatic N) is 2. The molecule has 1 aromatic carbocycles. The van der Waals surface area contributed by atoms with Crippen molar-refractivity contribution < 1.29 is 0 Å². The Morgan fingerprint density at radius 2 is 1.79 bits per heavy atom. The van der Waals surface area contributed by atoms with Crippen LogP contribution in [0.25, 0.3) is 0 Å². The first-order valence-corrected chi connectivity index (χ1v) is 7.73. The Morgan fingerprint density at radius 3 is 2.37 bits per heavy atom. The third-order valence-electron chi connectivity index (χ3n) is 3.94. The van der Waals surface area contributed by atoms with Crippen molar-refractivity contribution in [2.45, 2.75) is 19.4 Å². The van der Waals surface area contributed by atoms with Gasteiger partial charge in [0.2, 0.25) is 0 Å². The zero-order valence-corrected chi connectivity index (χ0v) is 13.7. The van der Waals surface area contributed by atoms with Gasteiger partial charge in [0.15, 0.2) is 0 Å². The molecule has 0 radical (unpaired) electrons. The lowest BCUT2D eigenvalue weighted by molar-refractivity contribution is 0.112. The lowest BCUT2D eigenvalue weighted by atomic mass is 10.0. The molecule has 0 amide bonds. The highest BCUT2D eigenvalue weighted by molar-refractivity contribution is 9.10. The van der Waals surface area contributed by atoms with Crippen molar-refractivity contribution in [2.24, 2.45) is 0 Å². The van der Waals surface area contributed by atoms with Crippen LogP contribution in [0, 0.1) is 0 Å². The summed E-state index contributed by atoms with van der Waals surface area (Å²) in [5, 5.41) is 3.29. The van der Waals surface area contributed by atoms with Crippen LogP contribution < -0.4 is 10.2 Å². The average Bonchev–Trinajstić information content (AvgIpc) is 2.39. The van der Waals surface area contributed by atoms with Crippen LogP contribution in [0.1, 0.15) is 13.8 Å². The molecule has 1 aromatic rings. The predicted molar refractivity (Wildman–Crippen MR) is 85.9 cm³/mol. The quantitative estimate of drug-likeness (QED) is 0.917. The van der Waals surface area contributed by atoms with E-state index < -0.39 is 0 Å². The minimum Gasteiger partial charge on any atom is -0.368 e. The molecule has 1 aliphatic rings. The number of para-hydroxylation sites is 1. The Balaban J connectivity index is 1.98. The number of anilines is 1. The minimum absolute atomic E-state index is 0.231. The van der Waals surface area contributed by atoms with Crippen molar-refractivity contribution in [1.82, 2.24) is 10.2 Å². The molecule has 0 aliphatic carbocycles. The maximum atomic E-state index is 3.65. The molecule has 0 spiro atoms. The number of benzene rings is 1. The molecule has 3 nitrogen and oxygen atoms in total. The third kappa shape index (κ3) is 3.50. The normalized spacial score (nSPS) is 17.8. The van der Waals surface area contributed by atoms with E-state index in [4.69, 9.17) is 0 Å². The van der Waals surface area contributed by atoms with Crippen LogP contribution in [-0.2, 0) is 0 Å². The van der Waals surface area contributed by atoms with Gasteiger partial charge in [0.1, 0.15) is 0 Å². The Morgan fingerprint density at radius 1 is 1.16 bits per heavy atom. The van der Waals surface area contributed by atoms with Gasteiger partial charge in [-0.3, -0.25) is 4.90 Å². The Bertz CT molecular complexity index is 412. The number of nitrogens with one attached hydrogen (secondary N) is 1. The Labute approximate surface area is 125 Å². The Hall–Kier alpha value is -0.580. The van der Waals surface area contributed by atoms with Gasteiger partial charge in [-0.1, -0.05) is 12.1 Å². The van der Waals surface area contributed by atoms with E-state index >= 15 is 0 Å². The topological polar surface area (TPSA) is 18.5 Å². The SMILES string of the molecule is CNCC(C)(C)N1CCN(c2ccccc2Br)CC1. The van der Waals surface area contributed by atoms with Gasteiger partial charge in [-0.2, -0.15) is 0 Å². The van der Waals surface area contributed by atoms with Crippen LogP contribution in [0.4, 0.5) is 5.69 Å². The molecule has 0 saturated carbocycles. The van der Waals surface area contributed by atoms with Crippen molar-refractivity contribution in [3.63, 3.8) is 0 Å². The van der Waals surface area contributed by atoms with Gasteiger partial charge in [0.05, 0.1) is 5.69 Å². The number of hydrogen-bond donors (Lipinski definition) is 1. The Kier molecular flexibility index (Phi) is 4.87. The standard InChI is InChI=1S/C15H24BrN3/c1-15(2,12-17-3)19-10-8-18(9-11-19)14-7-5-4-6-13(14)16/h4-7,17H,8-12H2,1-3H3. The van der Waals surface area contributed by atoms with Crippen molar-refractivity contribution in [3.05, 3.63) is 28.7 Å². The molecule has 1 fully saturated rings. The van der Waals surface area contributed by atoms with Gasteiger partial charge in [0, 0.05) is 42.7 Å². The smallest absolute Gasteiger partial charge is 0.0511 e. The molecule has 1 saturated heterocycles. The van der Waals surface area contributed by atoms with Crippen LogP contribution in [0.5, 0.6) is 0 Å². The first-order valence-electron chi connectivity index (χ1n) is 6.94. The third-order valence-corrected chi connectivity index (χ3v) is 4.61. The van der Waals surface area contributed by atoms with E-state index in [0.717, 1.165) is 32.7 Å². The largest absolute Gasteiger partial charge is 0.368 e. The van der Waals surface area contributed by atoms with Crippen LogP contribution in [-0.4, -0.2) is 50.2 Å². The fraction of sp³-hybridized carbons (Fsp3) is 0.600. The summed E-state index contributed by atoms with van der Waals surface area (Å²) in [6.07, 6.45) is 0. The van der Waals surface area contributed by atoms with Gasteiger partial charge < -0.3 is 10.2 Å². The number of hydrogen-bond acceptors (Lipinski definition) is 3. The molecule has 106 valence electrons. The highest BCUT2D eigenvalue weighted by atomic mass is 79.9. The first-order chi connectivity index (χ1) is 9.04. The van der Waals surface area contributed by atoms with Gasteiger partial charge >= 0.3 is 0 Å². The molecule has 2 rings (SSSR count). The monoisotopic (exact) mass is 325 g/mol. The fourth-order valence-corrected chi connectivity index (χ4v) is 3.34. The summed E-state index contributed by atoms with van der Waals surface area (Å²) in [6.45, 7) is 10.1. The lowest BCUT2D eigenvalue weighted by Crippen LogP contribution is -2.57. The van der Waals surface area contributed by atoms with E-state index in [2.05, 4.69) is 69.2 Å². The molecule has 1 aliphatic heterocycles. The van der Waals surface area contributed by atoms with E-state index in [-0.39, 0.29) is 5.54 Å². The van der Waals surface area contributed by atoms with E-state index in [1.165, 1.54) is 10.2 Å². The summed E-state index contributed by atoms with van der Waals surface area (Å²) in [5.74, 6) is 0. The summed E-state index contributed by atoms with van der Waals surface area (Å²) in [7, 11) is 2.03. The highest BCUT2D eigenvalue weighted by Gasteiger charge is 2.29. The second kappa shape index (κ2) is 6.25. The van der Waals surface area contributed by atoms with Crippen molar-refractivity contribution in [2.75, 3.05) is 44.7 Å². The second-order valence-corrected chi connectivity index (χ2v) is 6.62. The molecule has 0 atom stereocenters. The first kappa shape index (κ1) is 14.8. The molecule has 1 N–H and O–H groups in total. The van der Waals surface area contributed by atoms with Crippen molar-refractivity contribution >= 4 is 21.6 Å². The molecular formula is C15H24BrN3. The maximum Gasteiger partial charge on any atom is 0.0511 e. The summed E-state index contributed by atoms with van der Waals surface area (Å²) in [6, 6.07) is 8.49. The van der Waals surface area contributed by atoms with Gasteiger partial charge in [-0.15, -0.1) is 0 Å². The van der Waals surface area contributed by atoms with Crippen molar-refractivity contribution in [3.8, 4) is 0 Å². The van der Waals surface area contributed by atoms with E-state index in [1.54, 1.807) is 0 Å². The average molecular weight is 326 g/mol. The number of halogens is 1. The fourth-order valence-electron chi connectivity index (χ4n) is 2.81. The maximum absolute atomic E-state index is 3.65. The second-order valence-electron chi connectivity index (χ2n) is 5.77. The van der Waals surface area contributed by atoms with E-state index in [0.29, 0.717) is 0 Å². The molecule has 0 unspecified atom stereocenters. The van der Waals surface area contributed by atoms with Crippen LogP contribution >= 0.6 is 15.9 Å². The summed E-state index contributed by atoms with van der Waals surface area (Å²) < 4.78 is 1.19. The minimum atomic E-state index is 0.231. The molecule has 19 heavy (non-hydrogen) atoms. The van der Waals surface area contributed by atoms with Gasteiger partial charge in [0.25, 0.3) is 0 Å². The number of piperazine rings is 1. The van der Waals surface area contributed by atoms with E-state index in [9.17, 15) is 0 Å². The van der Waals surface area contributed by atoms with Crippen molar-refractivity contribution in [1.29, 1.82) is 0 Å². The molecule has 4 heteroatoms. The lowest BCUT2D eigenvalue weighted by Gasteiger charge is -2.44. The zero-order valence-electron chi connectivity index (χ0n) is 12.1. The van der Waals surface area contributed by atoms with E-state index in [1.807, 2.05) is 7.05 Å². The molecular weight excluding hydrogens is 302 g/mol. The van der Waals surface area contributed by atoms with Gasteiger partial charge in [-0.25, -0.2) is 0 Å². The zero-order chi connectivity index (χ0) is 13.9. The predicted octanol–water partition coefficient (Wildman–Crippen LogP) is 2.57. The molecule has 0 aromatic heterocycles. The van der Waals surface area contributed by atoms with Gasteiger partial charge in [-0.05, 0) is 49.0 Å². The summed E-state index contributed by atoms with van der Waals surface area (Å²) in [5.41, 5.74) is 1.54. The van der Waals surface area contributed by atoms with Crippen LogP contribution in [0.3, 0.4) is 0 Å². The molecule has 1 heterocycles. The molecule has 0 bridgehead atoms. The number of rotatable bonds is 4. The van der Waals surface area contributed by atoms with Crippen LogP contribution in [0.2, 0.25) is 0 Å². The summed E-state index contributed by atoms with van der Waals surface area (Å²) in [4.78, 5) is 5.05.